The second-order valence-electron chi connectivity index (χ2n) is 7.06. The van der Waals surface area contributed by atoms with Gasteiger partial charge in [0.15, 0.2) is 5.82 Å². The van der Waals surface area contributed by atoms with Crippen molar-refractivity contribution in [3.05, 3.63) is 46.3 Å². The molecule has 0 radical (unpaired) electrons. The quantitative estimate of drug-likeness (QED) is 0.862. The highest BCUT2D eigenvalue weighted by molar-refractivity contribution is 5.38. The Morgan fingerprint density at radius 1 is 1.12 bits per heavy atom. The van der Waals surface area contributed by atoms with Crippen LogP contribution in [0.1, 0.15) is 42.9 Å². The third-order valence-corrected chi connectivity index (χ3v) is 5.13. The van der Waals surface area contributed by atoms with Crippen LogP contribution in [-0.2, 0) is 6.54 Å². The molecule has 0 unspecified atom stereocenters. The second-order valence-corrected chi connectivity index (χ2v) is 7.06. The highest BCUT2D eigenvalue weighted by atomic mass is 16.1. The first-order valence-corrected chi connectivity index (χ1v) is 8.80. The van der Waals surface area contributed by atoms with E-state index in [1.165, 1.54) is 12.8 Å². The van der Waals surface area contributed by atoms with Gasteiger partial charge in [0.1, 0.15) is 0 Å². The molecule has 0 N–H and O–H groups in total. The van der Waals surface area contributed by atoms with Gasteiger partial charge in [-0.3, -0.25) is 9.36 Å². The monoisotopic (exact) mass is 325 g/mol. The van der Waals surface area contributed by atoms with Crippen LogP contribution in [0.2, 0.25) is 0 Å². The van der Waals surface area contributed by atoms with Gasteiger partial charge in [-0.05, 0) is 50.7 Å². The van der Waals surface area contributed by atoms with Crippen LogP contribution in [0.5, 0.6) is 0 Å². The zero-order valence-corrected chi connectivity index (χ0v) is 14.1. The van der Waals surface area contributed by atoms with Crippen molar-refractivity contribution in [2.24, 2.45) is 5.92 Å². The Morgan fingerprint density at radius 3 is 2.58 bits per heavy atom. The van der Waals surface area contributed by atoms with E-state index in [4.69, 9.17) is 0 Å². The van der Waals surface area contributed by atoms with Crippen LogP contribution in [0.15, 0.2) is 29.5 Å². The largest absolute Gasteiger partial charge is 0.355 e. The summed E-state index contributed by atoms with van der Waals surface area (Å²) in [7, 11) is 0. The summed E-state index contributed by atoms with van der Waals surface area (Å²) in [6, 6.07) is 4.24. The van der Waals surface area contributed by atoms with Gasteiger partial charge in [0.2, 0.25) is 0 Å². The lowest BCUT2D eigenvalue weighted by molar-refractivity contribution is 0.349. The van der Waals surface area contributed by atoms with Crippen molar-refractivity contribution in [2.75, 3.05) is 18.0 Å². The Morgan fingerprint density at radius 2 is 1.92 bits per heavy atom. The molecule has 126 valence electrons. The third-order valence-electron chi connectivity index (χ3n) is 5.13. The first kappa shape index (κ1) is 15.3. The topological polar surface area (TPSA) is 63.9 Å². The molecule has 2 aromatic rings. The molecule has 6 nitrogen and oxygen atoms in total. The van der Waals surface area contributed by atoms with Gasteiger partial charge in [-0.25, -0.2) is 4.98 Å². The SMILES string of the molecule is Cc1cncn(CC2CCN(c3ccc(C4CC4)nn3)CC2)c1=O. The summed E-state index contributed by atoms with van der Waals surface area (Å²) in [5.41, 5.74) is 1.93. The number of hydrogen-bond acceptors (Lipinski definition) is 5. The fourth-order valence-electron chi connectivity index (χ4n) is 3.41. The molecule has 24 heavy (non-hydrogen) atoms. The molecule has 3 heterocycles. The van der Waals surface area contributed by atoms with Crippen molar-refractivity contribution >= 4 is 5.82 Å². The summed E-state index contributed by atoms with van der Waals surface area (Å²) in [4.78, 5) is 18.6. The molecule has 2 aromatic heterocycles. The van der Waals surface area contributed by atoms with Crippen LogP contribution in [0.4, 0.5) is 5.82 Å². The van der Waals surface area contributed by atoms with Gasteiger partial charge in [-0.1, -0.05) is 0 Å². The molecular weight excluding hydrogens is 302 g/mol. The van der Waals surface area contributed by atoms with E-state index < -0.39 is 0 Å². The van der Waals surface area contributed by atoms with Gasteiger partial charge < -0.3 is 4.90 Å². The maximum atomic E-state index is 12.1. The minimum atomic E-state index is 0.0777. The molecule has 1 saturated heterocycles. The summed E-state index contributed by atoms with van der Waals surface area (Å²) in [5, 5.41) is 8.79. The van der Waals surface area contributed by atoms with E-state index in [1.807, 2.05) is 6.92 Å². The van der Waals surface area contributed by atoms with Crippen molar-refractivity contribution in [1.29, 1.82) is 0 Å². The number of aromatic nitrogens is 4. The molecule has 4 rings (SSSR count). The van der Waals surface area contributed by atoms with Crippen molar-refractivity contribution in [3.8, 4) is 0 Å². The fraction of sp³-hybridized carbons (Fsp3) is 0.556. The summed E-state index contributed by atoms with van der Waals surface area (Å²) in [6.45, 7) is 4.51. The standard InChI is InChI=1S/C18H23N5O/c1-13-10-19-12-23(18(13)24)11-14-6-8-22(9-7-14)17-5-4-16(20-21-17)15-2-3-15/h4-5,10,12,14-15H,2-3,6-9,11H2,1H3. The van der Waals surface area contributed by atoms with Crippen molar-refractivity contribution < 1.29 is 0 Å². The Kier molecular flexibility index (Phi) is 4.04. The van der Waals surface area contributed by atoms with E-state index in [0.29, 0.717) is 17.4 Å². The number of piperidine rings is 1. The molecule has 0 spiro atoms. The first-order chi connectivity index (χ1) is 11.7. The summed E-state index contributed by atoms with van der Waals surface area (Å²) < 4.78 is 1.75. The zero-order chi connectivity index (χ0) is 16.5. The van der Waals surface area contributed by atoms with Gasteiger partial charge >= 0.3 is 0 Å². The van der Waals surface area contributed by atoms with Gasteiger partial charge in [0.25, 0.3) is 5.56 Å². The van der Waals surface area contributed by atoms with Gasteiger partial charge in [-0.15, -0.1) is 5.10 Å². The van der Waals surface area contributed by atoms with Gasteiger partial charge in [0, 0.05) is 37.3 Å². The zero-order valence-electron chi connectivity index (χ0n) is 14.1. The summed E-state index contributed by atoms with van der Waals surface area (Å²) in [5.74, 6) is 2.15. The molecule has 0 atom stereocenters. The van der Waals surface area contributed by atoms with Crippen LogP contribution < -0.4 is 10.5 Å². The maximum Gasteiger partial charge on any atom is 0.256 e. The van der Waals surface area contributed by atoms with E-state index >= 15 is 0 Å². The molecule has 1 aliphatic heterocycles. The first-order valence-electron chi connectivity index (χ1n) is 8.80. The molecule has 0 bridgehead atoms. The predicted octanol–water partition coefficient (Wildman–Crippen LogP) is 2.14. The van der Waals surface area contributed by atoms with E-state index in [-0.39, 0.29) is 5.56 Å². The fourth-order valence-corrected chi connectivity index (χ4v) is 3.41. The average Bonchev–Trinajstić information content (AvgIpc) is 3.45. The Balaban J connectivity index is 1.36. The highest BCUT2D eigenvalue weighted by Gasteiger charge is 2.26. The van der Waals surface area contributed by atoms with Crippen LogP contribution in [0.25, 0.3) is 0 Å². The number of aryl methyl sites for hydroxylation is 1. The molecule has 2 aliphatic rings. The van der Waals surface area contributed by atoms with Crippen molar-refractivity contribution in [2.45, 2.75) is 45.1 Å². The second kappa shape index (κ2) is 6.34. The summed E-state index contributed by atoms with van der Waals surface area (Å²) >= 11 is 0. The Hall–Kier alpha value is -2.24. The molecule has 0 aromatic carbocycles. The molecule has 2 fully saturated rings. The third kappa shape index (κ3) is 3.18. The molecule has 6 heteroatoms. The molecule has 1 saturated carbocycles. The van der Waals surface area contributed by atoms with Gasteiger partial charge in [0.05, 0.1) is 12.0 Å². The van der Waals surface area contributed by atoms with Crippen LogP contribution in [0.3, 0.4) is 0 Å². The lowest BCUT2D eigenvalue weighted by Gasteiger charge is -2.32. The lowest BCUT2D eigenvalue weighted by atomic mass is 9.96. The minimum Gasteiger partial charge on any atom is -0.355 e. The van der Waals surface area contributed by atoms with E-state index in [2.05, 4.69) is 32.2 Å². The minimum absolute atomic E-state index is 0.0777. The summed E-state index contributed by atoms with van der Waals surface area (Å²) in [6.07, 6.45) is 7.92. The van der Waals surface area contributed by atoms with Gasteiger partial charge in [-0.2, -0.15) is 5.10 Å². The average molecular weight is 325 g/mol. The molecular formula is C18H23N5O. The predicted molar refractivity (Wildman–Crippen MR) is 92.2 cm³/mol. The molecule has 1 aliphatic carbocycles. The van der Waals surface area contributed by atoms with Crippen molar-refractivity contribution in [3.63, 3.8) is 0 Å². The maximum absolute atomic E-state index is 12.1. The highest BCUT2D eigenvalue weighted by Crippen LogP contribution is 2.38. The Bertz CT molecular complexity index is 758. The van der Waals surface area contributed by atoms with Crippen LogP contribution in [0, 0.1) is 12.8 Å². The Labute approximate surface area is 141 Å². The van der Waals surface area contributed by atoms with E-state index in [9.17, 15) is 4.79 Å². The van der Waals surface area contributed by atoms with Crippen molar-refractivity contribution in [1.82, 2.24) is 19.7 Å². The van der Waals surface area contributed by atoms with E-state index in [1.54, 1.807) is 17.1 Å². The smallest absolute Gasteiger partial charge is 0.256 e. The normalized spacial score (nSPS) is 18.8. The number of hydrogen-bond donors (Lipinski definition) is 0. The van der Waals surface area contributed by atoms with Crippen LogP contribution >= 0.6 is 0 Å². The molecule has 0 amide bonds. The number of nitrogens with zero attached hydrogens (tertiary/aromatic N) is 5. The van der Waals surface area contributed by atoms with Crippen LogP contribution in [-0.4, -0.2) is 32.8 Å². The number of rotatable bonds is 4. The number of anilines is 1. The van der Waals surface area contributed by atoms with E-state index in [0.717, 1.165) is 44.0 Å². The lowest BCUT2D eigenvalue weighted by Crippen LogP contribution is -2.37.